The lowest BCUT2D eigenvalue weighted by Gasteiger charge is -2.22. The Bertz CT molecular complexity index is 1030. The first-order chi connectivity index (χ1) is 15.1. The molecule has 4 rings (SSSR count). The van der Waals surface area contributed by atoms with Gasteiger partial charge in [-0.1, -0.05) is 36.4 Å². The fourth-order valence-corrected chi connectivity index (χ4v) is 3.29. The van der Waals surface area contributed by atoms with Crippen molar-refractivity contribution in [2.24, 2.45) is 0 Å². The summed E-state index contributed by atoms with van der Waals surface area (Å²) in [6.07, 6.45) is 1.75. The van der Waals surface area contributed by atoms with Gasteiger partial charge in [-0.15, -0.1) is 0 Å². The first-order valence-corrected chi connectivity index (χ1v) is 10.0. The molecule has 9 nitrogen and oxygen atoms in total. The van der Waals surface area contributed by atoms with E-state index in [4.69, 9.17) is 19.3 Å². The summed E-state index contributed by atoms with van der Waals surface area (Å²) in [6, 6.07) is 16.2. The summed E-state index contributed by atoms with van der Waals surface area (Å²) >= 11 is 0. The molecule has 1 N–H and O–H groups in total. The first-order valence-electron chi connectivity index (χ1n) is 10.0. The van der Waals surface area contributed by atoms with Crippen LogP contribution in [-0.4, -0.2) is 45.5 Å². The maximum atomic E-state index is 10.8. The van der Waals surface area contributed by atoms with E-state index in [9.17, 15) is 10.1 Å². The summed E-state index contributed by atoms with van der Waals surface area (Å²) in [5.74, 6) is 0.545. The van der Waals surface area contributed by atoms with E-state index in [0.29, 0.717) is 32.8 Å². The highest BCUT2D eigenvalue weighted by atomic mass is 16.6. The molecule has 1 atom stereocenters. The molecule has 0 bridgehead atoms. The minimum absolute atomic E-state index is 0.111. The van der Waals surface area contributed by atoms with E-state index in [1.807, 2.05) is 48.5 Å². The molecule has 3 aromatic rings. The molecule has 162 valence electrons. The second-order valence-electron chi connectivity index (χ2n) is 7.19. The highest BCUT2D eigenvalue weighted by molar-refractivity contribution is 5.65. The van der Waals surface area contributed by atoms with Crippen LogP contribution in [0, 0.1) is 10.1 Å². The van der Waals surface area contributed by atoms with Crippen molar-refractivity contribution in [3.8, 4) is 22.9 Å². The van der Waals surface area contributed by atoms with Gasteiger partial charge < -0.3 is 29.4 Å². The average molecular weight is 425 g/mol. The molecular formula is C22H23N3O6. The van der Waals surface area contributed by atoms with Crippen molar-refractivity contribution in [3.63, 3.8) is 0 Å². The Morgan fingerprint density at radius 2 is 2.06 bits per heavy atom. The van der Waals surface area contributed by atoms with Gasteiger partial charge in [0.1, 0.15) is 24.7 Å². The number of nitrogens with zero attached hydrogens (tertiary/aromatic N) is 3. The number of imidazole rings is 1. The number of hydrogen-bond acceptors (Lipinski definition) is 7. The molecule has 2 heterocycles. The second kappa shape index (κ2) is 9.59. The fourth-order valence-electron chi connectivity index (χ4n) is 3.29. The SMILES string of the molecule is O=[N+]([O-])c1cn2c(n1)OC[C@@H](OCc1ccc(-c3cccc(OCCCO)c3)cc1)C2. The molecular weight excluding hydrogens is 402 g/mol. The number of aliphatic hydroxyl groups excluding tert-OH is 1. The Morgan fingerprint density at radius 1 is 1.23 bits per heavy atom. The molecule has 0 aliphatic carbocycles. The third-order valence-corrected chi connectivity index (χ3v) is 4.89. The summed E-state index contributed by atoms with van der Waals surface area (Å²) in [6.45, 7) is 1.76. The molecule has 0 radical (unpaired) electrons. The summed E-state index contributed by atoms with van der Waals surface area (Å²) in [7, 11) is 0. The Balaban J connectivity index is 1.33. The summed E-state index contributed by atoms with van der Waals surface area (Å²) in [5, 5.41) is 19.7. The summed E-state index contributed by atoms with van der Waals surface area (Å²) in [4.78, 5) is 14.1. The average Bonchev–Trinajstić information content (AvgIpc) is 3.22. The minimum atomic E-state index is -0.539. The first kappa shape index (κ1) is 20.8. The van der Waals surface area contributed by atoms with Crippen molar-refractivity contribution >= 4 is 5.82 Å². The van der Waals surface area contributed by atoms with Gasteiger partial charge in [-0.2, -0.15) is 0 Å². The minimum Gasteiger partial charge on any atom is -0.493 e. The zero-order valence-electron chi connectivity index (χ0n) is 16.8. The van der Waals surface area contributed by atoms with E-state index < -0.39 is 4.92 Å². The Morgan fingerprint density at radius 3 is 2.84 bits per heavy atom. The van der Waals surface area contributed by atoms with Gasteiger partial charge in [0.15, 0.2) is 0 Å². The quantitative estimate of drug-likeness (QED) is 0.319. The third-order valence-electron chi connectivity index (χ3n) is 4.89. The fraction of sp³-hybridized carbons (Fsp3) is 0.318. The van der Waals surface area contributed by atoms with Crippen LogP contribution < -0.4 is 9.47 Å². The molecule has 0 spiro atoms. The number of rotatable bonds is 9. The standard InChI is InChI=1S/C22H23N3O6/c26-9-2-10-29-19-4-1-3-18(11-19)17-7-5-16(6-8-17)14-30-20-12-24-13-21(25(27)28)23-22(24)31-15-20/h1,3-8,11,13,20,26H,2,9-10,12,14-15H2/t20-/m0/s1. The predicted octanol–water partition coefficient (Wildman–Crippen LogP) is 3.20. The summed E-state index contributed by atoms with van der Waals surface area (Å²) in [5.41, 5.74) is 3.12. The molecule has 0 saturated heterocycles. The van der Waals surface area contributed by atoms with E-state index in [0.717, 1.165) is 22.4 Å². The second-order valence-corrected chi connectivity index (χ2v) is 7.19. The molecule has 1 aliphatic rings. The van der Waals surface area contributed by atoms with Crippen molar-refractivity contribution in [1.82, 2.24) is 9.55 Å². The van der Waals surface area contributed by atoms with Gasteiger partial charge >= 0.3 is 11.8 Å². The number of hydrogen-bond donors (Lipinski definition) is 1. The zero-order valence-corrected chi connectivity index (χ0v) is 16.8. The maximum absolute atomic E-state index is 10.8. The van der Waals surface area contributed by atoms with Gasteiger partial charge in [0.25, 0.3) is 0 Å². The van der Waals surface area contributed by atoms with E-state index in [1.54, 1.807) is 4.57 Å². The lowest BCUT2D eigenvalue weighted by Crippen LogP contribution is -2.32. The van der Waals surface area contributed by atoms with Crippen molar-refractivity contribution in [3.05, 3.63) is 70.4 Å². The highest BCUT2D eigenvalue weighted by Gasteiger charge is 2.28. The molecule has 9 heteroatoms. The van der Waals surface area contributed by atoms with E-state index in [-0.39, 0.29) is 24.5 Å². The van der Waals surface area contributed by atoms with Crippen LogP contribution in [0.5, 0.6) is 11.8 Å². The van der Waals surface area contributed by atoms with Crippen LogP contribution in [0.1, 0.15) is 12.0 Å². The Kier molecular flexibility index (Phi) is 6.44. The van der Waals surface area contributed by atoms with Crippen molar-refractivity contribution in [2.75, 3.05) is 19.8 Å². The predicted molar refractivity (Wildman–Crippen MR) is 112 cm³/mol. The smallest absolute Gasteiger partial charge is 0.414 e. The zero-order chi connectivity index (χ0) is 21.6. The van der Waals surface area contributed by atoms with Crippen LogP contribution in [0.25, 0.3) is 11.1 Å². The van der Waals surface area contributed by atoms with Crippen LogP contribution >= 0.6 is 0 Å². The van der Waals surface area contributed by atoms with Crippen LogP contribution in [0.4, 0.5) is 5.82 Å². The lowest BCUT2D eigenvalue weighted by atomic mass is 10.0. The van der Waals surface area contributed by atoms with E-state index in [2.05, 4.69) is 4.98 Å². The summed E-state index contributed by atoms with van der Waals surface area (Å²) < 4.78 is 18.7. The molecule has 0 unspecified atom stereocenters. The van der Waals surface area contributed by atoms with Crippen LogP contribution in [0.3, 0.4) is 0 Å². The Labute approximate surface area is 179 Å². The van der Waals surface area contributed by atoms with Gasteiger partial charge in [0.05, 0.1) is 19.8 Å². The number of nitro groups is 1. The van der Waals surface area contributed by atoms with Crippen LogP contribution in [0.2, 0.25) is 0 Å². The molecule has 31 heavy (non-hydrogen) atoms. The number of aromatic nitrogens is 2. The molecule has 0 amide bonds. The topological polar surface area (TPSA) is 109 Å². The van der Waals surface area contributed by atoms with Gasteiger partial charge in [0, 0.05) is 18.0 Å². The van der Waals surface area contributed by atoms with E-state index in [1.165, 1.54) is 6.20 Å². The number of benzene rings is 2. The highest BCUT2D eigenvalue weighted by Crippen LogP contribution is 2.26. The monoisotopic (exact) mass is 425 g/mol. The van der Waals surface area contributed by atoms with E-state index >= 15 is 0 Å². The lowest BCUT2D eigenvalue weighted by molar-refractivity contribution is -0.389. The largest absolute Gasteiger partial charge is 0.493 e. The molecule has 1 aliphatic heterocycles. The number of aliphatic hydroxyl groups is 1. The van der Waals surface area contributed by atoms with Crippen molar-refractivity contribution in [1.29, 1.82) is 0 Å². The molecule has 1 aromatic heterocycles. The van der Waals surface area contributed by atoms with Gasteiger partial charge in [-0.05, 0) is 33.7 Å². The van der Waals surface area contributed by atoms with Gasteiger partial charge in [-0.3, -0.25) is 4.57 Å². The molecule has 2 aromatic carbocycles. The number of ether oxygens (including phenoxy) is 3. The van der Waals surface area contributed by atoms with Crippen LogP contribution in [-0.2, 0) is 17.9 Å². The molecule has 0 fully saturated rings. The molecule has 0 saturated carbocycles. The van der Waals surface area contributed by atoms with Crippen molar-refractivity contribution in [2.45, 2.75) is 25.7 Å². The number of fused-ring (bicyclic) bond motifs is 1. The van der Waals surface area contributed by atoms with Gasteiger partial charge in [-0.25, -0.2) is 0 Å². The van der Waals surface area contributed by atoms with Crippen molar-refractivity contribution < 1.29 is 24.2 Å². The van der Waals surface area contributed by atoms with Gasteiger partial charge in [0.2, 0.25) is 0 Å². The maximum Gasteiger partial charge on any atom is 0.414 e. The Hall–Kier alpha value is -3.43. The normalized spacial score (nSPS) is 15.2. The van der Waals surface area contributed by atoms with Crippen LogP contribution in [0.15, 0.2) is 54.7 Å². The third kappa shape index (κ3) is 5.19.